The number of ether oxygens (including phenoxy) is 2. The summed E-state index contributed by atoms with van der Waals surface area (Å²) >= 11 is 0. The highest BCUT2D eigenvalue weighted by Gasteiger charge is 2.44. The highest BCUT2D eigenvalue weighted by molar-refractivity contribution is 7.89. The van der Waals surface area contributed by atoms with E-state index in [1.807, 2.05) is 30.3 Å². The van der Waals surface area contributed by atoms with Crippen molar-refractivity contribution in [2.45, 2.75) is 53.3 Å². The smallest absolute Gasteiger partial charge is 0.243 e. The van der Waals surface area contributed by atoms with Crippen LogP contribution < -0.4 is 20.1 Å². The Morgan fingerprint density at radius 1 is 1.02 bits per heavy atom. The number of benzene rings is 3. The van der Waals surface area contributed by atoms with Crippen LogP contribution in [-0.4, -0.2) is 90.4 Å². The van der Waals surface area contributed by atoms with Gasteiger partial charge in [0.05, 0.1) is 34.6 Å². The van der Waals surface area contributed by atoms with Gasteiger partial charge in [0, 0.05) is 38.3 Å². The average Bonchev–Trinajstić information content (AvgIpc) is 3.49. The summed E-state index contributed by atoms with van der Waals surface area (Å²) in [5.41, 5.74) is 2.34. The van der Waals surface area contributed by atoms with Crippen molar-refractivity contribution in [1.82, 2.24) is 19.7 Å². The van der Waals surface area contributed by atoms with Crippen LogP contribution in [0.25, 0.3) is 11.1 Å². The van der Waals surface area contributed by atoms with Crippen LogP contribution in [0.3, 0.4) is 0 Å². The molecule has 5 rings (SSSR count). The largest absolute Gasteiger partial charge is 0.491 e. The maximum Gasteiger partial charge on any atom is 0.243 e. The fourth-order valence-electron chi connectivity index (χ4n) is 5.92. The second-order valence-electron chi connectivity index (χ2n) is 11.8. The molecule has 0 radical (unpaired) electrons. The third-order valence-corrected chi connectivity index (χ3v) is 11.9. The Morgan fingerprint density at radius 3 is 2.47 bits per heavy atom. The summed E-state index contributed by atoms with van der Waals surface area (Å²) < 4.78 is 66.9. The van der Waals surface area contributed by atoms with Crippen LogP contribution >= 0.6 is 0 Å². The summed E-state index contributed by atoms with van der Waals surface area (Å²) in [5.74, 6) is 0.341. The molecule has 1 unspecified atom stereocenters. The predicted octanol–water partition coefficient (Wildman–Crippen LogP) is 2.22. The van der Waals surface area contributed by atoms with Crippen LogP contribution in [0.2, 0.25) is 0 Å². The molecule has 0 aliphatic carbocycles. The fourth-order valence-corrected chi connectivity index (χ4v) is 8.18. The van der Waals surface area contributed by atoms with Gasteiger partial charge < -0.3 is 25.2 Å². The molecule has 3 aromatic rings. The first-order valence-corrected chi connectivity index (χ1v) is 18.4. The van der Waals surface area contributed by atoms with Crippen molar-refractivity contribution in [3.05, 3.63) is 78.4 Å². The Kier molecular flexibility index (Phi) is 11.3. The molecule has 1 spiro atoms. The third kappa shape index (κ3) is 8.75. The molecule has 0 bridgehead atoms. The third-order valence-electron chi connectivity index (χ3n) is 8.60. The zero-order chi connectivity index (χ0) is 33.5. The van der Waals surface area contributed by atoms with Crippen LogP contribution in [0.4, 0.5) is 0 Å². The molecule has 2 aliphatic rings. The van der Waals surface area contributed by atoms with Gasteiger partial charge in [0.15, 0.2) is 0 Å². The van der Waals surface area contributed by atoms with Crippen molar-refractivity contribution in [3.63, 3.8) is 0 Å². The number of aliphatic hydroxyl groups is 1. The first-order valence-electron chi connectivity index (χ1n) is 15.5. The molecule has 12 nitrogen and oxygen atoms in total. The lowest BCUT2D eigenvalue weighted by Crippen LogP contribution is -2.47. The summed E-state index contributed by atoms with van der Waals surface area (Å²) in [6, 6.07) is 23.0. The van der Waals surface area contributed by atoms with Gasteiger partial charge in [-0.25, -0.2) is 21.6 Å². The molecule has 3 aromatic carbocycles. The number of nitrogens with zero attached hydrogens (tertiary/aromatic N) is 2. The second-order valence-corrected chi connectivity index (χ2v) is 15.7. The molecule has 0 saturated carbocycles. The number of sulfonamides is 2. The van der Waals surface area contributed by atoms with Crippen molar-refractivity contribution >= 4 is 20.0 Å². The van der Waals surface area contributed by atoms with E-state index in [0.717, 1.165) is 16.7 Å². The van der Waals surface area contributed by atoms with E-state index in [1.165, 1.54) is 23.5 Å². The summed E-state index contributed by atoms with van der Waals surface area (Å²) in [5, 5.41) is 25.5. The van der Waals surface area contributed by atoms with Gasteiger partial charge in [-0.2, -0.15) is 9.57 Å². The van der Waals surface area contributed by atoms with Gasteiger partial charge in [-0.3, -0.25) is 0 Å². The Labute approximate surface area is 276 Å². The number of hydrogen-bond donors (Lipinski definition) is 4. The van der Waals surface area contributed by atoms with Crippen molar-refractivity contribution in [2.75, 3.05) is 46.4 Å². The average molecular weight is 684 g/mol. The number of nitrogens with one attached hydrogen (secondary N) is 3. The first kappa shape index (κ1) is 34.9. The molecule has 4 N–H and O–H groups in total. The van der Waals surface area contributed by atoms with E-state index in [4.69, 9.17) is 14.7 Å². The van der Waals surface area contributed by atoms with E-state index in [0.29, 0.717) is 51.3 Å². The minimum atomic E-state index is -3.70. The van der Waals surface area contributed by atoms with Crippen molar-refractivity contribution in [3.8, 4) is 22.9 Å². The molecule has 252 valence electrons. The number of aliphatic hydroxyl groups excluding tert-OH is 1. The number of piperidine rings is 1. The second kappa shape index (κ2) is 15.2. The summed E-state index contributed by atoms with van der Waals surface area (Å²) in [6.45, 7) is 2.26. The maximum absolute atomic E-state index is 13.6. The number of nitriles is 1. The highest BCUT2D eigenvalue weighted by Crippen LogP contribution is 2.37. The Hall–Kier alpha value is -3.39. The molecular weight excluding hydrogens is 643 g/mol. The molecule has 0 aromatic heterocycles. The zero-order valence-electron chi connectivity index (χ0n) is 26.3. The van der Waals surface area contributed by atoms with Gasteiger partial charge in [0.25, 0.3) is 0 Å². The lowest BCUT2D eigenvalue weighted by atomic mass is 9.88. The SMILES string of the molecule is CNS(=O)(=O)c1cccc(OC[C@@H](O)CNC2COC3(CCN(S(=O)(=O)c4cccc(-c5ccc(CNCC#N)cc5)c4)CC3)C2)c1. The summed E-state index contributed by atoms with van der Waals surface area (Å²) in [7, 11) is -5.97. The van der Waals surface area contributed by atoms with Crippen molar-refractivity contribution < 1.29 is 31.4 Å². The maximum atomic E-state index is 13.6. The van der Waals surface area contributed by atoms with Crippen LogP contribution in [-0.2, 0) is 31.3 Å². The highest BCUT2D eigenvalue weighted by atomic mass is 32.2. The lowest BCUT2D eigenvalue weighted by Gasteiger charge is -2.38. The summed E-state index contributed by atoms with van der Waals surface area (Å²) in [6.07, 6.45) is 1.02. The minimum Gasteiger partial charge on any atom is -0.491 e. The molecule has 47 heavy (non-hydrogen) atoms. The zero-order valence-corrected chi connectivity index (χ0v) is 27.9. The van der Waals surface area contributed by atoms with Gasteiger partial charge in [-0.15, -0.1) is 0 Å². The van der Waals surface area contributed by atoms with E-state index in [2.05, 4.69) is 21.4 Å². The monoisotopic (exact) mass is 683 g/mol. The van der Waals surface area contributed by atoms with Crippen molar-refractivity contribution in [2.24, 2.45) is 0 Å². The topological polar surface area (TPSA) is 170 Å². The van der Waals surface area contributed by atoms with E-state index in [-0.39, 0.29) is 35.5 Å². The van der Waals surface area contributed by atoms with E-state index >= 15 is 0 Å². The van der Waals surface area contributed by atoms with Gasteiger partial charge in [0.2, 0.25) is 20.0 Å². The molecular formula is C33H41N5O7S2. The molecule has 2 heterocycles. The van der Waals surface area contributed by atoms with E-state index < -0.39 is 31.8 Å². The predicted molar refractivity (Wildman–Crippen MR) is 176 cm³/mol. The lowest BCUT2D eigenvalue weighted by molar-refractivity contribution is -0.0312. The quantitative estimate of drug-likeness (QED) is 0.146. The molecule has 2 saturated heterocycles. The number of rotatable bonds is 14. The van der Waals surface area contributed by atoms with Crippen molar-refractivity contribution in [1.29, 1.82) is 5.26 Å². The molecule has 14 heteroatoms. The van der Waals surface area contributed by atoms with Gasteiger partial charge in [0.1, 0.15) is 18.5 Å². The molecule has 0 amide bonds. The van der Waals surface area contributed by atoms with Crippen LogP contribution in [0, 0.1) is 11.3 Å². The van der Waals surface area contributed by atoms with E-state index in [9.17, 15) is 21.9 Å². The number of hydrogen-bond acceptors (Lipinski definition) is 10. The Bertz CT molecular complexity index is 1770. The van der Waals surface area contributed by atoms with E-state index in [1.54, 1.807) is 30.3 Å². The van der Waals surface area contributed by atoms with Gasteiger partial charge in [-0.05, 0) is 67.3 Å². The van der Waals surface area contributed by atoms with Crippen LogP contribution in [0.15, 0.2) is 82.6 Å². The molecule has 2 aliphatic heterocycles. The van der Waals surface area contributed by atoms with Crippen LogP contribution in [0.1, 0.15) is 24.8 Å². The molecule has 2 fully saturated rings. The van der Waals surface area contributed by atoms with Gasteiger partial charge >= 0.3 is 0 Å². The standard InChI is InChI=1S/C33H41N5O7S2/c1-35-46(40,41)31-6-3-5-30(19-31)44-24-29(39)22-37-28-20-33(45-23-28)12-16-38(17-13-33)47(42,43)32-7-2-4-27(18-32)26-10-8-25(9-11-26)21-36-15-14-34/h2-11,18-19,28-29,35-37,39H,12-13,15-17,20-24H2,1H3/t28?,29-/m0/s1. The minimum absolute atomic E-state index is 0.00195. The normalized spacial score (nSPS) is 19.0. The Balaban J connectivity index is 1.10. The molecule has 2 atom stereocenters. The summed E-state index contributed by atoms with van der Waals surface area (Å²) in [4.78, 5) is 0.333. The van der Waals surface area contributed by atoms with Gasteiger partial charge in [-0.1, -0.05) is 42.5 Å². The fraction of sp³-hybridized carbons (Fsp3) is 0.424. The Morgan fingerprint density at radius 2 is 1.74 bits per heavy atom. The van der Waals surface area contributed by atoms with Crippen LogP contribution in [0.5, 0.6) is 5.75 Å². The first-order chi connectivity index (χ1) is 22.5.